The number of hydrogen-bond acceptors (Lipinski definition) is 3. The van der Waals surface area contributed by atoms with Crippen molar-refractivity contribution in [2.45, 2.75) is 52.6 Å². The molecule has 3 nitrogen and oxygen atoms in total. The van der Waals surface area contributed by atoms with Gasteiger partial charge in [0.15, 0.2) is 0 Å². The van der Waals surface area contributed by atoms with Gasteiger partial charge in [0.25, 0.3) is 0 Å². The van der Waals surface area contributed by atoms with Crippen molar-refractivity contribution >= 4 is 0 Å². The van der Waals surface area contributed by atoms with Gasteiger partial charge in [-0.3, -0.25) is 9.88 Å². The maximum atomic E-state index is 6.06. The second kappa shape index (κ2) is 8.22. The third kappa shape index (κ3) is 5.61. The van der Waals surface area contributed by atoms with Crippen LogP contribution in [0, 0.1) is 6.92 Å². The van der Waals surface area contributed by atoms with Gasteiger partial charge in [0, 0.05) is 24.8 Å². The molecule has 1 rings (SSSR count). The standard InChI is InChI=1S/C15H27N3/c1-4-7-14(16)10-11-18(5-2)12-15-9-6-8-13(3)17-15/h6,8-9,14H,4-5,7,10-12,16H2,1-3H3. The van der Waals surface area contributed by atoms with Gasteiger partial charge in [-0.1, -0.05) is 26.3 Å². The van der Waals surface area contributed by atoms with E-state index in [9.17, 15) is 0 Å². The van der Waals surface area contributed by atoms with Gasteiger partial charge in [0.2, 0.25) is 0 Å². The summed E-state index contributed by atoms with van der Waals surface area (Å²) in [6, 6.07) is 6.56. The number of aromatic nitrogens is 1. The van der Waals surface area contributed by atoms with Crippen LogP contribution < -0.4 is 5.73 Å². The molecule has 0 amide bonds. The minimum atomic E-state index is 0.342. The molecule has 1 aromatic rings. The Morgan fingerprint density at radius 1 is 1.28 bits per heavy atom. The molecule has 0 aliphatic heterocycles. The maximum Gasteiger partial charge on any atom is 0.0547 e. The molecule has 2 N–H and O–H groups in total. The predicted octanol–water partition coefficient (Wildman–Crippen LogP) is 2.73. The lowest BCUT2D eigenvalue weighted by molar-refractivity contribution is 0.263. The summed E-state index contributed by atoms with van der Waals surface area (Å²) >= 11 is 0. The van der Waals surface area contributed by atoms with Crippen molar-refractivity contribution in [1.29, 1.82) is 0 Å². The Kier molecular flexibility index (Phi) is 6.91. The van der Waals surface area contributed by atoms with E-state index in [1.54, 1.807) is 0 Å². The highest BCUT2D eigenvalue weighted by Crippen LogP contribution is 2.06. The monoisotopic (exact) mass is 249 g/mol. The summed E-state index contributed by atoms with van der Waals surface area (Å²) in [6.45, 7) is 9.46. The summed E-state index contributed by atoms with van der Waals surface area (Å²) in [6.07, 6.45) is 3.38. The lowest BCUT2D eigenvalue weighted by Crippen LogP contribution is -2.30. The molecule has 0 bridgehead atoms. The Balaban J connectivity index is 2.42. The first-order valence-electron chi connectivity index (χ1n) is 7.06. The average Bonchev–Trinajstić information content (AvgIpc) is 2.35. The van der Waals surface area contributed by atoms with E-state index in [2.05, 4.69) is 35.9 Å². The highest BCUT2D eigenvalue weighted by atomic mass is 15.1. The molecule has 0 saturated heterocycles. The van der Waals surface area contributed by atoms with Crippen molar-refractivity contribution in [1.82, 2.24) is 9.88 Å². The van der Waals surface area contributed by atoms with Crippen LogP contribution in [-0.2, 0) is 6.54 Å². The molecule has 0 saturated carbocycles. The first-order chi connectivity index (χ1) is 8.65. The highest BCUT2D eigenvalue weighted by Gasteiger charge is 2.07. The van der Waals surface area contributed by atoms with Gasteiger partial charge in [-0.15, -0.1) is 0 Å². The molecule has 0 aliphatic carbocycles. The number of nitrogens with two attached hydrogens (primary N) is 1. The Morgan fingerprint density at radius 3 is 2.67 bits per heavy atom. The summed E-state index contributed by atoms with van der Waals surface area (Å²) in [5.41, 5.74) is 8.31. The zero-order valence-corrected chi connectivity index (χ0v) is 12.0. The van der Waals surface area contributed by atoms with Gasteiger partial charge in [-0.2, -0.15) is 0 Å². The van der Waals surface area contributed by atoms with E-state index in [4.69, 9.17) is 5.73 Å². The van der Waals surface area contributed by atoms with Crippen molar-refractivity contribution < 1.29 is 0 Å². The molecule has 1 unspecified atom stereocenters. The topological polar surface area (TPSA) is 42.1 Å². The smallest absolute Gasteiger partial charge is 0.0547 e. The lowest BCUT2D eigenvalue weighted by Gasteiger charge is -2.22. The van der Waals surface area contributed by atoms with Gasteiger partial charge in [0.1, 0.15) is 0 Å². The van der Waals surface area contributed by atoms with Gasteiger partial charge in [0.05, 0.1) is 5.69 Å². The Bertz CT molecular complexity index is 338. The van der Waals surface area contributed by atoms with Crippen LogP contribution in [0.1, 0.15) is 44.5 Å². The number of nitrogens with zero attached hydrogens (tertiary/aromatic N) is 2. The fourth-order valence-corrected chi connectivity index (χ4v) is 2.13. The van der Waals surface area contributed by atoms with Crippen LogP contribution in [0.15, 0.2) is 18.2 Å². The molecule has 1 heterocycles. The highest BCUT2D eigenvalue weighted by molar-refractivity contribution is 5.09. The number of pyridine rings is 1. The summed E-state index contributed by atoms with van der Waals surface area (Å²) in [5, 5.41) is 0. The SMILES string of the molecule is CCCC(N)CCN(CC)Cc1cccc(C)n1. The molecule has 0 radical (unpaired) electrons. The molecular weight excluding hydrogens is 222 g/mol. The fraction of sp³-hybridized carbons (Fsp3) is 0.667. The zero-order chi connectivity index (χ0) is 13.4. The molecule has 18 heavy (non-hydrogen) atoms. The van der Waals surface area contributed by atoms with Crippen LogP contribution in [0.4, 0.5) is 0 Å². The summed E-state index contributed by atoms with van der Waals surface area (Å²) in [5.74, 6) is 0. The third-order valence-electron chi connectivity index (χ3n) is 3.25. The quantitative estimate of drug-likeness (QED) is 0.770. The van der Waals surface area contributed by atoms with Gasteiger partial charge >= 0.3 is 0 Å². The molecule has 0 fully saturated rings. The Hall–Kier alpha value is -0.930. The van der Waals surface area contributed by atoms with Gasteiger partial charge in [-0.25, -0.2) is 0 Å². The normalized spacial score (nSPS) is 12.9. The molecular formula is C15H27N3. The molecule has 0 aliphatic rings. The zero-order valence-electron chi connectivity index (χ0n) is 12.0. The van der Waals surface area contributed by atoms with Crippen LogP contribution in [0.25, 0.3) is 0 Å². The van der Waals surface area contributed by atoms with E-state index in [-0.39, 0.29) is 0 Å². The maximum absolute atomic E-state index is 6.06. The molecule has 1 aromatic heterocycles. The Morgan fingerprint density at radius 2 is 2.06 bits per heavy atom. The second-order valence-electron chi connectivity index (χ2n) is 4.98. The van der Waals surface area contributed by atoms with Crippen LogP contribution in [0.5, 0.6) is 0 Å². The Labute approximate surface area is 111 Å². The van der Waals surface area contributed by atoms with Crippen LogP contribution in [-0.4, -0.2) is 29.0 Å². The molecule has 102 valence electrons. The van der Waals surface area contributed by atoms with E-state index in [0.717, 1.165) is 43.9 Å². The van der Waals surface area contributed by atoms with Crippen LogP contribution in [0.2, 0.25) is 0 Å². The minimum absolute atomic E-state index is 0.342. The first kappa shape index (κ1) is 15.1. The van der Waals surface area contributed by atoms with E-state index >= 15 is 0 Å². The van der Waals surface area contributed by atoms with Crippen molar-refractivity contribution in [3.63, 3.8) is 0 Å². The number of hydrogen-bond donors (Lipinski definition) is 1. The van der Waals surface area contributed by atoms with Crippen molar-refractivity contribution in [2.75, 3.05) is 13.1 Å². The molecule has 3 heteroatoms. The lowest BCUT2D eigenvalue weighted by atomic mass is 10.1. The molecule has 1 atom stereocenters. The van der Waals surface area contributed by atoms with Crippen LogP contribution >= 0.6 is 0 Å². The number of rotatable bonds is 8. The van der Waals surface area contributed by atoms with E-state index in [1.165, 1.54) is 6.42 Å². The predicted molar refractivity (Wildman–Crippen MR) is 77.4 cm³/mol. The van der Waals surface area contributed by atoms with Crippen molar-refractivity contribution in [3.8, 4) is 0 Å². The second-order valence-corrected chi connectivity index (χ2v) is 4.98. The summed E-state index contributed by atoms with van der Waals surface area (Å²) in [7, 11) is 0. The molecule has 0 aromatic carbocycles. The molecule has 0 spiro atoms. The largest absolute Gasteiger partial charge is 0.328 e. The van der Waals surface area contributed by atoms with Gasteiger partial charge in [-0.05, 0) is 38.4 Å². The third-order valence-corrected chi connectivity index (χ3v) is 3.25. The van der Waals surface area contributed by atoms with E-state index < -0.39 is 0 Å². The first-order valence-corrected chi connectivity index (χ1v) is 7.06. The van der Waals surface area contributed by atoms with E-state index in [1.807, 2.05) is 13.0 Å². The minimum Gasteiger partial charge on any atom is -0.328 e. The average molecular weight is 249 g/mol. The number of aryl methyl sites for hydroxylation is 1. The summed E-state index contributed by atoms with van der Waals surface area (Å²) < 4.78 is 0. The van der Waals surface area contributed by atoms with Crippen molar-refractivity contribution in [2.24, 2.45) is 5.73 Å². The van der Waals surface area contributed by atoms with E-state index in [0.29, 0.717) is 6.04 Å². The van der Waals surface area contributed by atoms with Crippen molar-refractivity contribution in [3.05, 3.63) is 29.6 Å². The summed E-state index contributed by atoms with van der Waals surface area (Å²) in [4.78, 5) is 6.97. The van der Waals surface area contributed by atoms with Crippen LogP contribution in [0.3, 0.4) is 0 Å². The fourth-order valence-electron chi connectivity index (χ4n) is 2.13. The van der Waals surface area contributed by atoms with Gasteiger partial charge < -0.3 is 5.73 Å².